The summed E-state index contributed by atoms with van der Waals surface area (Å²) in [6.45, 7) is 0.565. The fraction of sp³-hybridized carbons (Fsp3) is 0.267. The minimum Gasteiger partial charge on any atom is -0.493 e. The van der Waals surface area contributed by atoms with Gasteiger partial charge in [0.1, 0.15) is 0 Å². The first-order valence-electron chi connectivity index (χ1n) is 6.93. The molecule has 8 heteroatoms. The van der Waals surface area contributed by atoms with Crippen molar-refractivity contribution in [1.29, 1.82) is 0 Å². The zero-order valence-electron chi connectivity index (χ0n) is 12.9. The van der Waals surface area contributed by atoms with Crippen LogP contribution in [0.5, 0.6) is 11.5 Å². The molecule has 1 aromatic carbocycles. The van der Waals surface area contributed by atoms with Gasteiger partial charge < -0.3 is 20.1 Å². The van der Waals surface area contributed by atoms with Crippen LogP contribution in [-0.4, -0.2) is 36.6 Å². The third kappa shape index (κ3) is 4.47. The Morgan fingerprint density at radius 3 is 2.70 bits per heavy atom. The van der Waals surface area contributed by atoms with Crippen LogP contribution in [0.25, 0.3) is 0 Å². The van der Waals surface area contributed by atoms with Gasteiger partial charge in [-0.2, -0.15) is 5.10 Å². The largest absolute Gasteiger partial charge is 0.493 e. The van der Waals surface area contributed by atoms with Crippen LogP contribution >= 0.6 is 0 Å². The monoisotopic (exact) mass is 318 g/mol. The number of hydrogen-bond acceptors (Lipinski definition) is 5. The molecule has 1 aromatic heterocycles. The maximum atomic E-state index is 11.8. The van der Waals surface area contributed by atoms with Gasteiger partial charge >= 0.3 is 6.03 Å². The molecule has 2 amide bonds. The molecule has 2 rings (SSSR count). The van der Waals surface area contributed by atoms with Gasteiger partial charge in [0.2, 0.25) is 0 Å². The average Bonchev–Trinajstić information content (AvgIpc) is 2.56. The van der Waals surface area contributed by atoms with Crippen molar-refractivity contribution in [3.8, 4) is 11.5 Å². The molecule has 23 heavy (non-hydrogen) atoms. The number of nitrogens with one attached hydrogen (secondary N) is 2. The molecule has 0 unspecified atom stereocenters. The highest BCUT2D eigenvalue weighted by atomic mass is 16.5. The molecule has 122 valence electrons. The molecule has 0 saturated heterocycles. The summed E-state index contributed by atoms with van der Waals surface area (Å²) in [5.74, 6) is 1.10. The second-order valence-electron chi connectivity index (χ2n) is 4.54. The van der Waals surface area contributed by atoms with Crippen LogP contribution in [0.2, 0.25) is 0 Å². The standard InChI is InChI=1S/C15H18N4O4/c1-22-12-6-5-11(10-13(12)23-2)18-15(21)16-8-9-19-14(20)4-3-7-17-19/h3-7,10H,8-9H2,1-2H3,(H2,16,18,21). The Morgan fingerprint density at radius 2 is 2.00 bits per heavy atom. The van der Waals surface area contributed by atoms with Gasteiger partial charge in [-0.05, 0) is 18.2 Å². The predicted molar refractivity (Wildman–Crippen MR) is 85.1 cm³/mol. The second-order valence-corrected chi connectivity index (χ2v) is 4.54. The van der Waals surface area contributed by atoms with E-state index < -0.39 is 0 Å². The maximum absolute atomic E-state index is 11.8. The van der Waals surface area contributed by atoms with Crippen LogP contribution in [0.4, 0.5) is 10.5 Å². The SMILES string of the molecule is COc1ccc(NC(=O)NCCn2ncccc2=O)cc1OC. The normalized spacial score (nSPS) is 10.0. The van der Waals surface area contributed by atoms with E-state index in [0.29, 0.717) is 23.7 Å². The third-order valence-corrected chi connectivity index (χ3v) is 3.04. The number of nitrogens with zero attached hydrogens (tertiary/aromatic N) is 2. The van der Waals surface area contributed by atoms with E-state index in [1.54, 1.807) is 24.3 Å². The summed E-state index contributed by atoms with van der Waals surface area (Å²) in [5, 5.41) is 9.23. The summed E-state index contributed by atoms with van der Waals surface area (Å²) in [5.41, 5.74) is 0.352. The Morgan fingerprint density at radius 1 is 1.22 bits per heavy atom. The summed E-state index contributed by atoms with van der Waals surface area (Å²) in [4.78, 5) is 23.3. The van der Waals surface area contributed by atoms with Gasteiger partial charge in [-0.15, -0.1) is 0 Å². The van der Waals surface area contributed by atoms with Crippen LogP contribution in [0.15, 0.2) is 41.3 Å². The first-order chi connectivity index (χ1) is 11.1. The van der Waals surface area contributed by atoms with E-state index in [-0.39, 0.29) is 18.1 Å². The molecule has 2 aromatic rings. The van der Waals surface area contributed by atoms with Crippen molar-refractivity contribution >= 4 is 11.7 Å². The van der Waals surface area contributed by atoms with Crippen molar-refractivity contribution in [2.45, 2.75) is 6.54 Å². The zero-order valence-corrected chi connectivity index (χ0v) is 12.9. The lowest BCUT2D eigenvalue weighted by Gasteiger charge is -2.11. The van der Waals surface area contributed by atoms with Crippen molar-refractivity contribution in [2.24, 2.45) is 0 Å². The van der Waals surface area contributed by atoms with Crippen molar-refractivity contribution < 1.29 is 14.3 Å². The van der Waals surface area contributed by atoms with Gasteiger partial charge in [-0.1, -0.05) is 0 Å². The highest BCUT2D eigenvalue weighted by Gasteiger charge is 2.07. The van der Waals surface area contributed by atoms with Gasteiger partial charge in [0, 0.05) is 30.6 Å². The number of ether oxygens (including phenoxy) is 2. The summed E-state index contributed by atoms with van der Waals surface area (Å²) in [7, 11) is 3.06. The molecule has 0 saturated carbocycles. The molecule has 0 radical (unpaired) electrons. The smallest absolute Gasteiger partial charge is 0.319 e. The molecule has 8 nitrogen and oxygen atoms in total. The lowest BCUT2D eigenvalue weighted by atomic mass is 10.3. The van der Waals surface area contributed by atoms with E-state index in [0.717, 1.165) is 0 Å². The zero-order chi connectivity index (χ0) is 16.7. The molecule has 2 N–H and O–H groups in total. The van der Waals surface area contributed by atoms with E-state index >= 15 is 0 Å². The number of carbonyl (C=O) groups excluding carboxylic acids is 1. The molecule has 0 bridgehead atoms. The lowest BCUT2D eigenvalue weighted by molar-refractivity contribution is 0.251. The Kier molecular flexibility index (Phi) is 5.56. The topological polar surface area (TPSA) is 94.5 Å². The molecule has 0 aliphatic rings. The number of aromatic nitrogens is 2. The maximum Gasteiger partial charge on any atom is 0.319 e. The molecule has 1 heterocycles. The molecule has 0 aliphatic heterocycles. The number of amides is 2. The number of methoxy groups -OCH3 is 2. The van der Waals surface area contributed by atoms with Crippen molar-refractivity contribution in [1.82, 2.24) is 15.1 Å². The van der Waals surface area contributed by atoms with E-state index in [4.69, 9.17) is 9.47 Å². The molecule has 0 aliphatic carbocycles. The summed E-state index contributed by atoms with van der Waals surface area (Å²) < 4.78 is 11.6. The van der Waals surface area contributed by atoms with Gasteiger partial charge in [-0.25, -0.2) is 9.48 Å². The number of urea groups is 1. The molecule has 0 atom stereocenters. The Labute approximate surface area is 133 Å². The van der Waals surface area contributed by atoms with Gasteiger partial charge in [0.25, 0.3) is 5.56 Å². The van der Waals surface area contributed by atoms with E-state index in [9.17, 15) is 9.59 Å². The molecule has 0 fully saturated rings. The summed E-state index contributed by atoms with van der Waals surface area (Å²) in [6, 6.07) is 7.64. The molecule has 0 spiro atoms. The fourth-order valence-electron chi connectivity index (χ4n) is 1.92. The summed E-state index contributed by atoms with van der Waals surface area (Å²) >= 11 is 0. The predicted octanol–water partition coefficient (Wildman–Crippen LogP) is 1.08. The Balaban J connectivity index is 1.87. The van der Waals surface area contributed by atoms with Gasteiger partial charge in [0.05, 0.1) is 20.8 Å². The van der Waals surface area contributed by atoms with Gasteiger partial charge in [0.15, 0.2) is 11.5 Å². The quantitative estimate of drug-likeness (QED) is 0.831. The van der Waals surface area contributed by atoms with E-state index in [1.807, 2.05) is 0 Å². The minimum absolute atomic E-state index is 0.213. The molecular weight excluding hydrogens is 300 g/mol. The third-order valence-electron chi connectivity index (χ3n) is 3.04. The number of benzene rings is 1. The lowest BCUT2D eigenvalue weighted by Crippen LogP contribution is -2.34. The summed E-state index contributed by atoms with van der Waals surface area (Å²) in [6.07, 6.45) is 1.52. The van der Waals surface area contributed by atoms with Crippen LogP contribution in [0.3, 0.4) is 0 Å². The number of hydrogen-bond donors (Lipinski definition) is 2. The number of anilines is 1. The highest BCUT2D eigenvalue weighted by Crippen LogP contribution is 2.29. The van der Waals surface area contributed by atoms with Gasteiger partial charge in [-0.3, -0.25) is 4.79 Å². The van der Waals surface area contributed by atoms with E-state index in [2.05, 4.69) is 15.7 Å². The van der Waals surface area contributed by atoms with Crippen LogP contribution in [-0.2, 0) is 6.54 Å². The van der Waals surface area contributed by atoms with Crippen molar-refractivity contribution in [2.75, 3.05) is 26.1 Å². The first-order valence-corrected chi connectivity index (χ1v) is 6.93. The number of carbonyl (C=O) groups is 1. The van der Waals surface area contributed by atoms with Crippen LogP contribution in [0, 0.1) is 0 Å². The Hall–Kier alpha value is -3.03. The molecular formula is C15H18N4O4. The fourth-order valence-corrected chi connectivity index (χ4v) is 1.92. The highest BCUT2D eigenvalue weighted by molar-refractivity contribution is 5.89. The van der Waals surface area contributed by atoms with E-state index in [1.165, 1.54) is 31.2 Å². The average molecular weight is 318 g/mol. The number of rotatable bonds is 6. The Bertz CT molecular complexity index is 729. The van der Waals surface area contributed by atoms with Crippen molar-refractivity contribution in [3.05, 3.63) is 46.9 Å². The first kappa shape index (κ1) is 16.3. The second kappa shape index (κ2) is 7.83. The van der Waals surface area contributed by atoms with Crippen LogP contribution in [0.1, 0.15) is 0 Å². The minimum atomic E-state index is -0.388. The van der Waals surface area contributed by atoms with Crippen molar-refractivity contribution in [3.63, 3.8) is 0 Å². The van der Waals surface area contributed by atoms with Crippen LogP contribution < -0.4 is 25.7 Å².